The van der Waals surface area contributed by atoms with Gasteiger partial charge in [-0.05, 0) is 16.5 Å². The molecule has 5 heteroatoms. The van der Waals surface area contributed by atoms with Crippen molar-refractivity contribution in [2.24, 2.45) is 0 Å². The molecule has 0 aliphatic heterocycles. The summed E-state index contributed by atoms with van der Waals surface area (Å²) in [6, 6.07) is 8.10. The van der Waals surface area contributed by atoms with Crippen molar-refractivity contribution in [2.45, 2.75) is 32.8 Å². The Morgan fingerprint density at radius 1 is 0.895 bits per heavy atom. The molecule has 0 radical (unpaired) electrons. The second kappa shape index (κ2) is 16.9. The van der Waals surface area contributed by atoms with Gasteiger partial charge in [0, 0.05) is 17.4 Å². The Kier molecular flexibility index (Phi) is 23.6. The largest absolute Gasteiger partial charge is 0 e. The first-order valence-electron chi connectivity index (χ1n) is 4.85. The average molecular weight is 300 g/mol. The van der Waals surface area contributed by atoms with Crippen molar-refractivity contribution in [3.63, 3.8) is 0 Å². The summed E-state index contributed by atoms with van der Waals surface area (Å²) in [6.45, 7) is 20.2. The summed E-state index contributed by atoms with van der Waals surface area (Å²) in [4.78, 5) is 0. The number of benzene rings is 1. The van der Waals surface area contributed by atoms with Crippen LogP contribution in [0.4, 0.5) is 0 Å². The molecule has 4 nitrogen and oxygen atoms in total. The summed E-state index contributed by atoms with van der Waals surface area (Å²) in [7, 11) is 0. The molecule has 19 heavy (non-hydrogen) atoms. The number of hydrogen-bond acceptors (Lipinski definition) is 1. The fraction of sp³-hybridized carbons (Fsp3) is 0.357. The third kappa shape index (κ3) is 13.2. The minimum absolute atomic E-state index is 0. The summed E-state index contributed by atoms with van der Waals surface area (Å²) in [5, 5.41) is 8.83. The van der Waals surface area contributed by atoms with Gasteiger partial charge in [0.05, 0.1) is 6.61 Å². The van der Waals surface area contributed by atoms with Gasteiger partial charge < -0.3 is 5.11 Å². The van der Waals surface area contributed by atoms with Crippen molar-refractivity contribution < 1.29 is 36.4 Å². The van der Waals surface area contributed by atoms with Crippen LogP contribution in [-0.4, -0.2) is 5.11 Å². The zero-order valence-corrected chi connectivity index (χ0v) is 12.4. The van der Waals surface area contributed by atoms with Gasteiger partial charge in [-0.1, -0.05) is 45.0 Å². The second-order valence-corrected chi connectivity index (χ2v) is 4.11. The first kappa shape index (κ1) is 26.5. The van der Waals surface area contributed by atoms with Gasteiger partial charge >= 0.3 is 33.9 Å². The Hall–Kier alpha value is -1.07. The van der Waals surface area contributed by atoms with Gasteiger partial charge in [0.1, 0.15) is 0 Å². The number of aliphatic hydroxyl groups excluding tert-OH is 1. The van der Waals surface area contributed by atoms with E-state index in [4.69, 9.17) is 19.1 Å². The van der Waals surface area contributed by atoms with Crippen LogP contribution < -0.4 is 0 Å². The molecule has 1 aromatic carbocycles. The normalized spacial score (nSPS) is 7.68. The molecule has 0 bridgehead atoms. The van der Waals surface area contributed by atoms with Gasteiger partial charge in [-0.2, -0.15) is 0 Å². The van der Waals surface area contributed by atoms with Crippen LogP contribution in [-0.2, 0) is 43.3 Å². The maximum Gasteiger partial charge on any atom is 0 e. The van der Waals surface area contributed by atoms with E-state index in [2.05, 4.69) is 52.9 Å². The average Bonchev–Trinajstić information content (AvgIpc) is 2.44. The zero-order valence-electron chi connectivity index (χ0n) is 11.1. The maximum absolute atomic E-state index is 8.83. The second-order valence-electron chi connectivity index (χ2n) is 4.11. The van der Waals surface area contributed by atoms with Crippen LogP contribution >= 0.6 is 0 Å². The van der Waals surface area contributed by atoms with Crippen LogP contribution in [0.15, 0.2) is 24.3 Å². The SMILES string of the molecule is CC(C)(C)c1ccc(CO)cc1.[C-]#[O+].[C-]#[O+].[C-]#[O+].[Cr]. The molecule has 1 rings (SSSR count). The number of hydrogen-bond donors (Lipinski definition) is 1. The van der Waals surface area contributed by atoms with Crippen molar-refractivity contribution in [3.8, 4) is 0 Å². The third-order valence-corrected chi connectivity index (χ3v) is 2.00. The molecule has 0 fully saturated rings. The molecule has 0 saturated carbocycles. The van der Waals surface area contributed by atoms with Gasteiger partial charge in [-0.15, -0.1) is 0 Å². The van der Waals surface area contributed by atoms with Crippen molar-refractivity contribution in [1.29, 1.82) is 0 Å². The Bertz CT molecular complexity index is 343. The topological polar surface area (TPSA) is 79.9 Å². The summed E-state index contributed by atoms with van der Waals surface area (Å²) in [5.74, 6) is 0. The van der Waals surface area contributed by atoms with Crippen molar-refractivity contribution in [2.75, 3.05) is 0 Å². The number of aliphatic hydroxyl groups is 1. The maximum atomic E-state index is 8.83. The van der Waals surface area contributed by atoms with Gasteiger partial charge in [0.15, 0.2) is 0 Å². The molecule has 1 aromatic rings. The van der Waals surface area contributed by atoms with E-state index in [1.54, 1.807) is 0 Å². The Balaban J connectivity index is -0.000000142. The molecule has 0 aliphatic rings. The van der Waals surface area contributed by atoms with E-state index < -0.39 is 0 Å². The zero-order chi connectivity index (χ0) is 15.2. The molecule has 0 unspecified atom stereocenters. The van der Waals surface area contributed by atoms with Crippen molar-refractivity contribution >= 4 is 0 Å². The standard InChI is InChI=1S/C11H16O.3CO.Cr/c1-11(2,3)10-6-4-9(8-12)5-7-10;3*1-2;/h4-7,12H,8H2,1-3H3;;;;. The minimum atomic E-state index is 0. The molecule has 0 aliphatic carbocycles. The van der Waals surface area contributed by atoms with Crippen LogP contribution in [0.3, 0.4) is 0 Å². The van der Waals surface area contributed by atoms with E-state index in [0.717, 1.165) is 5.56 Å². The predicted molar refractivity (Wildman–Crippen MR) is 62.9 cm³/mol. The Morgan fingerprint density at radius 2 is 1.21 bits per heavy atom. The first-order valence-corrected chi connectivity index (χ1v) is 4.85. The smallest absolute Gasteiger partial charge is 0 e. The molecule has 1 N–H and O–H groups in total. The molecular weight excluding hydrogens is 284 g/mol. The quantitative estimate of drug-likeness (QED) is 0.627. The van der Waals surface area contributed by atoms with E-state index in [0.29, 0.717) is 0 Å². The molecule has 0 heterocycles. The summed E-state index contributed by atoms with van der Waals surface area (Å²) >= 11 is 0. The summed E-state index contributed by atoms with van der Waals surface area (Å²) < 4.78 is 22.5. The predicted octanol–water partition coefficient (Wildman–Crippen LogP) is 2.36. The molecule has 0 aromatic heterocycles. The van der Waals surface area contributed by atoms with Crippen LogP contribution in [0.1, 0.15) is 31.9 Å². The Labute approximate surface area is 125 Å². The van der Waals surface area contributed by atoms with Crippen LogP contribution in [0.25, 0.3) is 0 Å². The van der Waals surface area contributed by atoms with E-state index >= 15 is 0 Å². The van der Waals surface area contributed by atoms with Gasteiger partial charge in [0.2, 0.25) is 0 Å². The number of rotatable bonds is 1. The van der Waals surface area contributed by atoms with Crippen molar-refractivity contribution in [3.05, 3.63) is 55.3 Å². The van der Waals surface area contributed by atoms with Gasteiger partial charge in [0.25, 0.3) is 0 Å². The minimum Gasteiger partial charge on any atom is 0 e. The van der Waals surface area contributed by atoms with Crippen LogP contribution in [0, 0.1) is 20.0 Å². The van der Waals surface area contributed by atoms with E-state index in [1.165, 1.54) is 5.56 Å². The monoisotopic (exact) mass is 300 g/mol. The fourth-order valence-corrected chi connectivity index (χ4v) is 1.11. The van der Waals surface area contributed by atoms with E-state index in [9.17, 15) is 0 Å². The summed E-state index contributed by atoms with van der Waals surface area (Å²) in [6.07, 6.45) is 0. The molecule has 0 spiro atoms. The van der Waals surface area contributed by atoms with Crippen LogP contribution in [0.2, 0.25) is 0 Å². The third-order valence-electron chi connectivity index (χ3n) is 2.00. The fourth-order valence-electron chi connectivity index (χ4n) is 1.11. The molecule has 102 valence electrons. The molecule has 0 amide bonds. The van der Waals surface area contributed by atoms with E-state index in [1.807, 2.05) is 12.1 Å². The molecular formula is C14H16CrO4. The van der Waals surface area contributed by atoms with E-state index in [-0.39, 0.29) is 29.4 Å². The van der Waals surface area contributed by atoms with Crippen LogP contribution in [0.5, 0.6) is 0 Å². The van der Waals surface area contributed by atoms with Gasteiger partial charge in [-0.3, -0.25) is 0 Å². The Morgan fingerprint density at radius 3 is 1.42 bits per heavy atom. The summed E-state index contributed by atoms with van der Waals surface area (Å²) in [5.41, 5.74) is 2.48. The van der Waals surface area contributed by atoms with Gasteiger partial charge in [-0.25, -0.2) is 0 Å². The first-order chi connectivity index (χ1) is 8.54. The molecule has 0 atom stereocenters. The molecule has 0 saturated heterocycles. The van der Waals surface area contributed by atoms with Crippen molar-refractivity contribution in [1.82, 2.24) is 0 Å².